The van der Waals surface area contributed by atoms with E-state index in [9.17, 15) is 9.18 Å². The minimum absolute atomic E-state index is 0.0847. The van der Waals surface area contributed by atoms with Crippen LogP contribution in [0.5, 0.6) is 0 Å². The van der Waals surface area contributed by atoms with Crippen LogP contribution in [0.4, 0.5) is 20.6 Å². The molecule has 0 saturated carbocycles. The van der Waals surface area contributed by atoms with Gasteiger partial charge in [-0.05, 0) is 30.3 Å². The number of anilines is 2. The molecule has 2 aromatic rings. The summed E-state index contributed by atoms with van der Waals surface area (Å²) in [6, 6.07) is 8.12. The smallest absolute Gasteiger partial charge is 0.308 e. The minimum atomic E-state index is -0.567. The quantitative estimate of drug-likeness (QED) is 0.756. The van der Waals surface area contributed by atoms with Crippen LogP contribution in [-0.4, -0.2) is 6.03 Å². The lowest BCUT2D eigenvalue weighted by molar-refractivity contribution is 0.262. The molecule has 0 aromatic heterocycles. The number of benzene rings is 2. The van der Waals surface area contributed by atoms with Gasteiger partial charge in [-0.1, -0.05) is 40.9 Å². The molecule has 20 heavy (non-hydrogen) atoms. The molecule has 2 N–H and O–H groups in total. The second-order valence-corrected chi connectivity index (χ2v) is 5.03. The number of carbonyl (C=O) groups excluding carboxylic acids is 1. The van der Waals surface area contributed by atoms with E-state index in [4.69, 9.17) is 34.8 Å². The summed E-state index contributed by atoms with van der Waals surface area (Å²) in [6.45, 7) is 0. The van der Waals surface area contributed by atoms with Gasteiger partial charge >= 0.3 is 6.03 Å². The van der Waals surface area contributed by atoms with Crippen LogP contribution in [0.15, 0.2) is 36.4 Å². The molecule has 0 radical (unpaired) electrons. The number of nitrogens with one attached hydrogen (secondary N) is 2. The lowest BCUT2D eigenvalue weighted by Crippen LogP contribution is -2.19. The molecular weight excluding hydrogens is 326 g/mol. The van der Waals surface area contributed by atoms with E-state index in [1.165, 1.54) is 12.1 Å². The summed E-state index contributed by atoms with van der Waals surface area (Å²) in [6.07, 6.45) is 0. The van der Waals surface area contributed by atoms with Crippen molar-refractivity contribution in [1.82, 2.24) is 0 Å². The Morgan fingerprint density at radius 1 is 0.950 bits per heavy atom. The van der Waals surface area contributed by atoms with Gasteiger partial charge in [0.2, 0.25) is 0 Å². The molecule has 0 bridgehead atoms. The molecule has 0 saturated heterocycles. The molecule has 0 aliphatic heterocycles. The van der Waals surface area contributed by atoms with Gasteiger partial charge in [0.25, 0.3) is 0 Å². The molecule has 0 heterocycles. The standard InChI is InChI=1S/C13H8Cl3FN2O/c14-8-2-1-3-9(15)12(8)19-13(20)18-7-4-5-11(17)10(16)6-7/h1-6H,(H2,18,19,20). The van der Waals surface area contributed by atoms with Crippen LogP contribution in [0.3, 0.4) is 0 Å². The third kappa shape index (κ3) is 3.54. The number of para-hydroxylation sites is 1. The largest absolute Gasteiger partial charge is 0.323 e. The van der Waals surface area contributed by atoms with Crippen molar-refractivity contribution in [2.75, 3.05) is 10.6 Å². The predicted octanol–water partition coefficient (Wildman–Crippen LogP) is 5.43. The Kier molecular flexibility index (Phi) is 4.70. The molecule has 7 heteroatoms. The summed E-state index contributed by atoms with van der Waals surface area (Å²) >= 11 is 17.5. The average Bonchev–Trinajstić information content (AvgIpc) is 2.38. The molecule has 0 spiro atoms. The van der Waals surface area contributed by atoms with E-state index in [-0.39, 0.29) is 5.02 Å². The summed E-state index contributed by atoms with van der Waals surface area (Å²) in [5.74, 6) is -0.563. The molecule has 0 atom stereocenters. The van der Waals surface area contributed by atoms with Crippen LogP contribution >= 0.6 is 34.8 Å². The zero-order valence-corrected chi connectivity index (χ0v) is 12.2. The minimum Gasteiger partial charge on any atom is -0.308 e. The maximum absolute atomic E-state index is 13.0. The fourth-order valence-corrected chi connectivity index (χ4v) is 2.14. The highest BCUT2D eigenvalue weighted by Crippen LogP contribution is 2.30. The Hall–Kier alpha value is -1.49. The Labute approximate surface area is 129 Å². The molecule has 0 unspecified atom stereocenters. The first-order chi connectivity index (χ1) is 9.47. The molecule has 2 rings (SSSR count). The van der Waals surface area contributed by atoms with Gasteiger partial charge in [0.15, 0.2) is 0 Å². The van der Waals surface area contributed by atoms with Gasteiger partial charge in [-0.25, -0.2) is 9.18 Å². The number of urea groups is 1. The highest BCUT2D eigenvalue weighted by atomic mass is 35.5. The number of hydrogen-bond donors (Lipinski definition) is 2. The Morgan fingerprint density at radius 3 is 2.20 bits per heavy atom. The summed E-state index contributed by atoms with van der Waals surface area (Å²) in [4.78, 5) is 11.8. The average molecular weight is 334 g/mol. The topological polar surface area (TPSA) is 41.1 Å². The van der Waals surface area contributed by atoms with Gasteiger partial charge in [-0.3, -0.25) is 0 Å². The third-order valence-electron chi connectivity index (χ3n) is 2.38. The van der Waals surface area contributed by atoms with E-state index >= 15 is 0 Å². The molecule has 0 fully saturated rings. The fourth-order valence-electron chi connectivity index (χ4n) is 1.47. The predicted molar refractivity (Wildman–Crippen MR) is 80.5 cm³/mol. The normalized spacial score (nSPS) is 10.2. The van der Waals surface area contributed by atoms with Crippen molar-refractivity contribution in [3.8, 4) is 0 Å². The van der Waals surface area contributed by atoms with E-state index in [0.29, 0.717) is 21.4 Å². The fraction of sp³-hybridized carbons (Fsp3) is 0. The number of halogens is 4. The van der Waals surface area contributed by atoms with Crippen molar-refractivity contribution in [3.63, 3.8) is 0 Å². The van der Waals surface area contributed by atoms with Crippen LogP contribution in [0.2, 0.25) is 15.1 Å². The highest BCUT2D eigenvalue weighted by Gasteiger charge is 2.10. The SMILES string of the molecule is O=C(Nc1ccc(F)c(Cl)c1)Nc1c(Cl)cccc1Cl. The summed E-state index contributed by atoms with van der Waals surface area (Å²) < 4.78 is 13.0. The second-order valence-electron chi connectivity index (χ2n) is 3.80. The van der Waals surface area contributed by atoms with E-state index in [2.05, 4.69) is 10.6 Å². The lowest BCUT2D eigenvalue weighted by Gasteiger charge is -2.10. The van der Waals surface area contributed by atoms with Crippen molar-refractivity contribution in [3.05, 3.63) is 57.3 Å². The van der Waals surface area contributed by atoms with Gasteiger partial charge in [-0.15, -0.1) is 0 Å². The van der Waals surface area contributed by atoms with Crippen molar-refractivity contribution in [2.45, 2.75) is 0 Å². The number of rotatable bonds is 2. The van der Waals surface area contributed by atoms with Crippen LogP contribution < -0.4 is 10.6 Å². The van der Waals surface area contributed by atoms with Gasteiger partial charge in [-0.2, -0.15) is 0 Å². The Morgan fingerprint density at radius 2 is 1.60 bits per heavy atom. The molecule has 2 amide bonds. The Balaban J connectivity index is 2.11. The first-order valence-electron chi connectivity index (χ1n) is 5.44. The van der Waals surface area contributed by atoms with Crippen LogP contribution in [-0.2, 0) is 0 Å². The van der Waals surface area contributed by atoms with Gasteiger partial charge in [0.05, 0.1) is 20.8 Å². The van der Waals surface area contributed by atoms with Crippen molar-refractivity contribution in [1.29, 1.82) is 0 Å². The van der Waals surface area contributed by atoms with Crippen LogP contribution in [0, 0.1) is 5.82 Å². The summed E-state index contributed by atoms with van der Waals surface area (Å²) in [5.41, 5.74) is 0.638. The molecule has 3 nitrogen and oxygen atoms in total. The zero-order chi connectivity index (χ0) is 14.7. The molecule has 0 aliphatic rings. The number of hydrogen-bond acceptors (Lipinski definition) is 1. The van der Waals surface area contributed by atoms with Gasteiger partial charge in [0.1, 0.15) is 5.82 Å². The van der Waals surface area contributed by atoms with E-state index in [0.717, 1.165) is 6.07 Å². The first kappa shape index (κ1) is 14.9. The second kappa shape index (κ2) is 6.31. The monoisotopic (exact) mass is 332 g/mol. The number of carbonyl (C=O) groups is 1. The maximum Gasteiger partial charge on any atom is 0.323 e. The first-order valence-corrected chi connectivity index (χ1v) is 6.58. The Bertz CT molecular complexity index is 644. The van der Waals surface area contributed by atoms with Crippen molar-refractivity contribution >= 4 is 52.2 Å². The molecule has 104 valence electrons. The van der Waals surface area contributed by atoms with Crippen LogP contribution in [0.1, 0.15) is 0 Å². The summed E-state index contributed by atoms with van der Waals surface area (Å²) in [7, 11) is 0. The summed E-state index contributed by atoms with van der Waals surface area (Å²) in [5, 5.41) is 5.54. The zero-order valence-electron chi connectivity index (χ0n) is 9.88. The number of amides is 2. The molecular formula is C13H8Cl3FN2O. The molecule has 2 aromatic carbocycles. The highest BCUT2D eigenvalue weighted by molar-refractivity contribution is 6.39. The van der Waals surface area contributed by atoms with Gasteiger partial charge in [0, 0.05) is 5.69 Å². The third-order valence-corrected chi connectivity index (χ3v) is 3.30. The van der Waals surface area contributed by atoms with Crippen LogP contribution in [0.25, 0.3) is 0 Å². The maximum atomic E-state index is 13.0. The van der Waals surface area contributed by atoms with Crippen molar-refractivity contribution < 1.29 is 9.18 Å². The van der Waals surface area contributed by atoms with E-state index in [1.54, 1.807) is 18.2 Å². The van der Waals surface area contributed by atoms with Crippen molar-refractivity contribution in [2.24, 2.45) is 0 Å². The van der Waals surface area contributed by atoms with E-state index < -0.39 is 11.8 Å². The molecule has 0 aliphatic carbocycles. The van der Waals surface area contributed by atoms with Gasteiger partial charge < -0.3 is 10.6 Å². The van der Waals surface area contributed by atoms with E-state index in [1.807, 2.05) is 0 Å². The lowest BCUT2D eigenvalue weighted by atomic mass is 10.3.